The van der Waals surface area contributed by atoms with Crippen molar-refractivity contribution >= 4 is 17.6 Å². The minimum Gasteiger partial charge on any atom is -0.550 e. The Kier molecular flexibility index (Phi) is 3.24. The van der Waals surface area contributed by atoms with Gasteiger partial charge in [0.05, 0.1) is 0 Å². The highest BCUT2D eigenvalue weighted by Gasteiger charge is 2.51. The molecule has 1 aromatic rings. The van der Waals surface area contributed by atoms with E-state index in [2.05, 4.69) is 5.32 Å². The fraction of sp³-hybridized carbons (Fsp3) is 0.500. The van der Waals surface area contributed by atoms with Gasteiger partial charge in [0.15, 0.2) is 0 Å². The van der Waals surface area contributed by atoms with Crippen molar-refractivity contribution < 1.29 is 14.7 Å². The zero-order chi connectivity index (χ0) is 14.3. The van der Waals surface area contributed by atoms with Crippen molar-refractivity contribution in [1.82, 2.24) is 0 Å². The summed E-state index contributed by atoms with van der Waals surface area (Å²) in [6.07, 6.45) is 2.72. The molecule has 2 fully saturated rings. The van der Waals surface area contributed by atoms with Crippen LogP contribution in [0.15, 0.2) is 24.3 Å². The van der Waals surface area contributed by atoms with E-state index in [0.717, 1.165) is 30.5 Å². The first-order valence-corrected chi connectivity index (χ1v) is 7.14. The number of carbonyl (C=O) groups excluding carboxylic acids is 2. The van der Waals surface area contributed by atoms with Gasteiger partial charge in [-0.3, -0.25) is 4.79 Å². The van der Waals surface area contributed by atoms with E-state index in [1.807, 2.05) is 31.2 Å². The maximum Gasteiger partial charge on any atom is 0.228 e. The molecule has 1 amide bonds. The Hall–Kier alpha value is -1.84. The minimum absolute atomic E-state index is 0.123. The maximum absolute atomic E-state index is 12.4. The Morgan fingerprint density at radius 1 is 1.20 bits per heavy atom. The molecule has 0 heterocycles. The Bertz CT molecular complexity index is 554. The van der Waals surface area contributed by atoms with Crippen LogP contribution in [0, 0.1) is 30.6 Å². The molecule has 2 saturated carbocycles. The van der Waals surface area contributed by atoms with Crippen LogP contribution in [0.25, 0.3) is 0 Å². The number of amides is 1. The normalized spacial score (nSPS) is 31.2. The van der Waals surface area contributed by atoms with Gasteiger partial charge in [0.2, 0.25) is 5.91 Å². The largest absolute Gasteiger partial charge is 0.550 e. The second-order valence-electron chi connectivity index (χ2n) is 6.06. The number of benzene rings is 1. The number of rotatable bonds is 3. The summed E-state index contributed by atoms with van der Waals surface area (Å²) in [7, 11) is 0. The molecule has 4 heteroatoms. The van der Waals surface area contributed by atoms with Crippen LogP contribution in [0.3, 0.4) is 0 Å². The summed E-state index contributed by atoms with van der Waals surface area (Å²) >= 11 is 0. The Morgan fingerprint density at radius 3 is 2.55 bits per heavy atom. The second-order valence-corrected chi connectivity index (χ2v) is 6.06. The molecule has 4 nitrogen and oxygen atoms in total. The third kappa shape index (κ3) is 2.19. The summed E-state index contributed by atoms with van der Waals surface area (Å²) < 4.78 is 0. The molecule has 0 unspecified atom stereocenters. The van der Waals surface area contributed by atoms with Gasteiger partial charge in [-0.05, 0) is 55.7 Å². The second kappa shape index (κ2) is 4.93. The van der Waals surface area contributed by atoms with Crippen LogP contribution in [-0.4, -0.2) is 11.9 Å². The number of carbonyl (C=O) groups is 2. The lowest BCUT2D eigenvalue weighted by Crippen LogP contribution is -2.43. The summed E-state index contributed by atoms with van der Waals surface area (Å²) in [5.41, 5.74) is 1.79. The zero-order valence-corrected chi connectivity index (χ0v) is 11.5. The van der Waals surface area contributed by atoms with E-state index in [-0.39, 0.29) is 17.7 Å². The molecule has 106 valence electrons. The standard InChI is InChI=1S/C16H19NO3/c1-9-3-2-4-12(7-9)17-15(18)13-10-5-6-11(8-10)14(13)16(19)20/h2-4,7,10-11,13-14H,5-6,8H2,1H3,(H,17,18)(H,19,20)/p-1/t10-,11-,13+,14-/m0/s1. The Labute approximate surface area is 118 Å². The molecular weight excluding hydrogens is 254 g/mol. The summed E-state index contributed by atoms with van der Waals surface area (Å²) in [6.45, 7) is 1.96. The molecule has 3 rings (SSSR count). The van der Waals surface area contributed by atoms with E-state index < -0.39 is 17.8 Å². The molecule has 2 aliphatic carbocycles. The summed E-state index contributed by atoms with van der Waals surface area (Å²) in [5, 5.41) is 14.2. The fourth-order valence-electron chi connectivity index (χ4n) is 3.96. The number of carboxylic acids is 1. The lowest BCUT2D eigenvalue weighted by molar-refractivity contribution is -0.314. The van der Waals surface area contributed by atoms with Crippen molar-refractivity contribution in [2.75, 3.05) is 5.32 Å². The van der Waals surface area contributed by atoms with Crippen LogP contribution in [0.2, 0.25) is 0 Å². The molecule has 1 N–H and O–H groups in total. The molecule has 0 spiro atoms. The molecule has 4 atom stereocenters. The maximum atomic E-state index is 12.4. The summed E-state index contributed by atoms with van der Waals surface area (Å²) in [6, 6.07) is 7.55. The van der Waals surface area contributed by atoms with Crippen LogP contribution in [0.4, 0.5) is 5.69 Å². The van der Waals surface area contributed by atoms with Crippen molar-refractivity contribution in [3.05, 3.63) is 29.8 Å². The van der Waals surface area contributed by atoms with Crippen molar-refractivity contribution in [3.8, 4) is 0 Å². The lowest BCUT2D eigenvalue weighted by Gasteiger charge is -2.30. The van der Waals surface area contributed by atoms with Crippen LogP contribution >= 0.6 is 0 Å². The molecule has 0 aromatic heterocycles. The van der Waals surface area contributed by atoms with Gasteiger partial charge in [-0.2, -0.15) is 0 Å². The van der Waals surface area contributed by atoms with Gasteiger partial charge < -0.3 is 15.2 Å². The first-order valence-electron chi connectivity index (χ1n) is 7.14. The molecule has 0 aliphatic heterocycles. The summed E-state index contributed by atoms with van der Waals surface area (Å²) in [5.74, 6) is -1.96. The fourth-order valence-corrected chi connectivity index (χ4v) is 3.96. The lowest BCUT2D eigenvalue weighted by atomic mass is 9.78. The Balaban J connectivity index is 1.78. The van der Waals surface area contributed by atoms with Crippen molar-refractivity contribution in [3.63, 3.8) is 0 Å². The highest BCUT2D eigenvalue weighted by molar-refractivity contribution is 5.95. The van der Waals surface area contributed by atoms with E-state index in [0.29, 0.717) is 0 Å². The average molecular weight is 272 g/mol. The van der Waals surface area contributed by atoms with Gasteiger partial charge in [-0.25, -0.2) is 0 Å². The molecule has 20 heavy (non-hydrogen) atoms. The third-order valence-electron chi connectivity index (χ3n) is 4.78. The third-order valence-corrected chi connectivity index (χ3v) is 4.78. The molecule has 0 saturated heterocycles. The van der Waals surface area contributed by atoms with E-state index >= 15 is 0 Å². The van der Waals surface area contributed by atoms with Gasteiger partial charge in [-0.1, -0.05) is 12.1 Å². The van der Waals surface area contributed by atoms with Crippen LogP contribution in [0.5, 0.6) is 0 Å². The number of hydrogen-bond donors (Lipinski definition) is 1. The number of fused-ring (bicyclic) bond motifs is 2. The first kappa shape index (κ1) is 13.2. The number of anilines is 1. The highest BCUT2D eigenvalue weighted by atomic mass is 16.4. The van der Waals surface area contributed by atoms with E-state index in [4.69, 9.17) is 0 Å². The SMILES string of the molecule is Cc1cccc(NC(=O)[C@@H]2[C@H]3CC[C@@H](C3)[C@@H]2C(=O)[O-])c1. The van der Waals surface area contributed by atoms with Crippen molar-refractivity contribution in [1.29, 1.82) is 0 Å². The van der Waals surface area contributed by atoms with Crippen LogP contribution in [0.1, 0.15) is 24.8 Å². The average Bonchev–Trinajstić information content (AvgIpc) is 2.98. The predicted octanol–water partition coefficient (Wildman–Crippen LogP) is 1.35. The van der Waals surface area contributed by atoms with Crippen molar-refractivity contribution in [2.45, 2.75) is 26.2 Å². The van der Waals surface area contributed by atoms with Gasteiger partial charge in [0.25, 0.3) is 0 Å². The predicted molar refractivity (Wildman–Crippen MR) is 72.6 cm³/mol. The van der Waals surface area contributed by atoms with Crippen LogP contribution < -0.4 is 10.4 Å². The van der Waals surface area contributed by atoms with Gasteiger partial charge >= 0.3 is 0 Å². The van der Waals surface area contributed by atoms with Gasteiger partial charge in [-0.15, -0.1) is 0 Å². The smallest absolute Gasteiger partial charge is 0.228 e. The molecule has 2 aliphatic rings. The topological polar surface area (TPSA) is 69.2 Å². The highest BCUT2D eigenvalue weighted by Crippen LogP contribution is 2.52. The zero-order valence-electron chi connectivity index (χ0n) is 11.5. The number of carboxylic acid groups (broad SMARTS) is 1. The molecule has 0 radical (unpaired) electrons. The van der Waals surface area contributed by atoms with E-state index in [1.54, 1.807) is 0 Å². The van der Waals surface area contributed by atoms with Gasteiger partial charge in [0.1, 0.15) is 0 Å². The van der Waals surface area contributed by atoms with Gasteiger partial charge in [0, 0.05) is 23.5 Å². The first-order chi connectivity index (χ1) is 9.56. The van der Waals surface area contributed by atoms with E-state index in [1.165, 1.54) is 0 Å². The number of hydrogen-bond acceptors (Lipinski definition) is 3. The molecular formula is C16H18NO3-. The number of nitrogens with one attached hydrogen (secondary N) is 1. The quantitative estimate of drug-likeness (QED) is 0.903. The molecule has 1 aromatic carbocycles. The van der Waals surface area contributed by atoms with Crippen LogP contribution in [-0.2, 0) is 9.59 Å². The summed E-state index contributed by atoms with van der Waals surface area (Å²) in [4.78, 5) is 23.8. The van der Waals surface area contributed by atoms with Crippen molar-refractivity contribution in [2.24, 2.45) is 23.7 Å². The van der Waals surface area contributed by atoms with E-state index in [9.17, 15) is 14.7 Å². The monoisotopic (exact) mass is 272 g/mol. The number of aliphatic carboxylic acids is 1. The number of aryl methyl sites for hydroxylation is 1. The minimum atomic E-state index is -1.07. The Morgan fingerprint density at radius 2 is 1.90 bits per heavy atom. The molecule has 2 bridgehead atoms.